The van der Waals surface area contributed by atoms with Crippen LogP contribution in [-0.4, -0.2) is 50.3 Å². The van der Waals surface area contributed by atoms with Crippen LogP contribution in [0.1, 0.15) is 32.1 Å². The van der Waals surface area contributed by atoms with Crippen LogP contribution in [0.2, 0.25) is 0 Å². The van der Waals surface area contributed by atoms with E-state index in [4.69, 9.17) is 4.74 Å². The minimum atomic E-state index is 0.827. The molecule has 0 aromatic heterocycles. The standard InChI is InChI=1S/C12H24N2O/c1-15-10-9-14(12-5-6-12)8-7-13-11-3-2-4-11/h11-13H,2-10H2,1H3. The molecule has 2 fully saturated rings. The number of hydrogen-bond acceptors (Lipinski definition) is 3. The lowest BCUT2D eigenvalue weighted by atomic mass is 9.93. The van der Waals surface area contributed by atoms with Gasteiger partial charge in [0.05, 0.1) is 6.61 Å². The fraction of sp³-hybridized carbons (Fsp3) is 1.00. The quantitative estimate of drug-likeness (QED) is 0.655. The molecule has 0 radical (unpaired) electrons. The zero-order valence-electron chi connectivity index (χ0n) is 9.87. The molecule has 0 aromatic carbocycles. The van der Waals surface area contributed by atoms with Crippen molar-refractivity contribution in [3.05, 3.63) is 0 Å². The van der Waals surface area contributed by atoms with E-state index >= 15 is 0 Å². The van der Waals surface area contributed by atoms with Crippen molar-refractivity contribution in [2.75, 3.05) is 33.4 Å². The van der Waals surface area contributed by atoms with Crippen LogP contribution in [0.4, 0.5) is 0 Å². The van der Waals surface area contributed by atoms with Crippen molar-refractivity contribution in [1.29, 1.82) is 0 Å². The Bertz CT molecular complexity index is 178. The van der Waals surface area contributed by atoms with E-state index in [2.05, 4.69) is 10.2 Å². The molecule has 3 heteroatoms. The fourth-order valence-electron chi connectivity index (χ4n) is 2.15. The maximum absolute atomic E-state index is 5.15. The van der Waals surface area contributed by atoms with E-state index in [1.54, 1.807) is 7.11 Å². The molecule has 2 rings (SSSR count). The first-order chi connectivity index (χ1) is 7.40. The molecule has 0 heterocycles. The molecule has 15 heavy (non-hydrogen) atoms. The van der Waals surface area contributed by atoms with Gasteiger partial charge in [0.1, 0.15) is 0 Å². The van der Waals surface area contributed by atoms with Gasteiger partial charge in [-0.2, -0.15) is 0 Å². The third kappa shape index (κ3) is 3.74. The predicted octanol–water partition coefficient (Wildman–Crippen LogP) is 1.24. The molecule has 88 valence electrons. The van der Waals surface area contributed by atoms with Crippen LogP contribution in [-0.2, 0) is 4.74 Å². The van der Waals surface area contributed by atoms with Crippen molar-refractivity contribution in [2.24, 2.45) is 0 Å². The number of rotatable bonds is 8. The monoisotopic (exact) mass is 212 g/mol. The van der Waals surface area contributed by atoms with E-state index < -0.39 is 0 Å². The summed E-state index contributed by atoms with van der Waals surface area (Å²) < 4.78 is 5.15. The van der Waals surface area contributed by atoms with Crippen LogP contribution >= 0.6 is 0 Å². The van der Waals surface area contributed by atoms with Gasteiger partial charge in [-0.15, -0.1) is 0 Å². The normalized spacial score (nSPS) is 22.0. The largest absolute Gasteiger partial charge is 0.383 e. The minimum absolute atomic E-state index is 0.827. The zero-order chi connectivity index (χ0) is 10.5. The Morgan fingerprint density at radius 2 is 2.00 bits per heavy atom. The summed E-state index contributed by atoms with van der Waals surface area (Å²) in [6, 6.07) is 1.69. The smallest absolute Gasteiger partial charge is 0.0589 e. The summed E-state index contributed by atoms with van der Waals surface area (Å²) in [6.45, 7) is 4.34. The highest BCUT2D eigenvalue weighted by Crippen LogP contribution is 2.26. The predicted molar refractivity (Wildman–Crippen MR) is 62.1 cm³/mol. The van der Waals surface area contributed by atoms with Crippen molar-refractivity contribution in [1.82, 2.24) is 10.2 Å². The summed E-state index contributed by atoms with van der Waals surface area (Å²) in [6.07, 6.45) is 7.00. The first kappa shape index (κ1) is 11.4. The lowest BCUT2D eigenvalue weighted by Gasteiger charge is -2.28. The van der Waals surface area contributed by atoms with Crippen LogP contribution in [0.25, 0.3) is 0 Å². The van der Waals surface area contributed by atoms with Gasteiger partial charge >= 0.3 is 0 Å². The highest BCUT2D eigenvalue weighted by Gasteiger charge is 2.28. The molecule has 2 saturated carbocycles. The van der Waals surface area contributed by atoms with Gasteiger partial charge in [-0.25, -0.2) is 0 Å². The molecule has 0 aromatic rings. The molecule has 0 saturated heterocycles. The highest BCUT2D eigenvalue weighted by atomic mass is 16.5. The minimum Gasteiger partial charge on any atom is -0.383 e. The van der Waals surface area contributed by atoms with Crippen LogP contribution in [0, 0.1) is 0 Å². The van der Waals surface area contributed by atoms with Gasteiger partial charge in [-0.05, 0) is 25.7 Å². The van der Waals surface area contributed by atoms with Crippen molar-refractivity contribution in [3.63, 3.8) is 0 Å². The Morgan fingerprint density at radius 1 is 1.20 bits per heavy atom. The number of methoxy groups -OCH3 is 1. The molecular weight excluding hydrogens is 188 g/mol. The van der Waals surface area contributed by atoms with E-state index in [1.165, 1.54) is 38.6 Å². The lowest BCUT2D eigenvalue weighted by Crippen LogP contribution is -2.41. The van der Waals surface area contributed by atoms with Crippen molar-refractivity contribution in [2.45, 2.75) is 44.2 Å². The SMILES string of the molecule is COCCN(CCNC1CCC1)C1CC1. The van der Waals surface area contributed by atoms with E-state index in [-0.39, 0.29) is 0 Å². The first-order valence-electron chi connectivity index (χ1n) is 6.36. The highest BCUT2D eigenvalue weighted by molar-refractivity contribution is 4.85. The lowest BCUT2D eigenvalue weighted by molar-refractivity contribution is 0.142. The Kier molecular flexibility index (Phi) is 4.42. The van der Waals surface area contributed by atoms with Gasteiger partial charge in [0.15, 0.2) is 0 Å². The van der Waals surface area contributed by atoms with Crippen LogP contribution < -0.4 is 5.32 Å². The molecule has 0 bridgehead atoms. The summed E-state index contributed by atoms with van der Waals surface area (Å²) in [4.78, 5) is 2.58. The second-order valence-corrected chi connectivity index (χ2v) is 4.84. The van der Waals surface area contributed by atoms with Crippen molar-refractivity contribution < 1.29 is 4.74 Å². The number of nitrogens with one attached hydrogen (secondary N) is 1. The average molecular weight is 212 g/mol. The third-order valence-electron chi connectivity index (χ3n) is 3.58. The Balaban J connectivity index is 1.56. The Hall–Kier alpha value is -0.120. The van der Waals surface area contributed by atoms with E-state index in [9.17, 15) is 0 Å². The molecule has 0 spiro atoms. The maximum Gasteiger partial charge on any atom is 0.0589 e. The van der Waals surface area contributed by atoms with Gasteiger partial charge in [0.2, 0.25) is 0 Å². The molecule has 0 unspecified atom stereocenters. The summed E-state index contributed by atoms with van der Waals surface area (Å²) in [5.74, 6) is 0. The van der Waals surface area contributed by atoms with Crippen molar-refractivity contribution in [3.8, 4) is 0 Å². The summed E-state index contributed by atoms with van der Waals surface area (Å²) >= 11 is 0. The van der Waals surface area contributed by atoms with Crippen LogP contribution in [0.15, 0.2) is 0 Å². The van der Waals surface area contributed by atoms with Gasteiger partial charge in [0.25, 0.3) is 0 Å². The first-order valence-corrected chi connectivity index (χ1v) is 6.36. The molecule has 1 N–H and O–H groups in total. The van der Waals surface area contributed by atoms with E-state index in [0.717, 1.165) is 31.8 Å². The third-order valence-corrected chi connectivity index (χ3v) is 3.58. The van der Waals surface area contributed by atoms with Gasteiger partial charge < -0.3 is 10.1 Å². The van der Waals surface area contributed by atoms with E-state index in [1.807, 2.05) is 0 Å². The average Bonchev–Trinajstić information content (AvgIpc) is 2.97. The Morgan fingerprint density at radius 3 is 2.53 bits per heavy atom. The second-order valence-electron chi connectivity index (χ2n) is 4.84. The zero-order valence-corrected chi connectivity index (χ0v) is 9.87. The van der Waals surface area contributed by atoms with Gasteiger partial charge in [-0.3, -0.25) is 4.90 Å². The summed E-state index contributed by atoms with van der Waals surface area (Å²) in [5, 5.41) is 3.63. The molecular formula is C12H24N2O. The van der Waals surface area contributed by atoms with Crippen molar-refractivity contribution >= 4 is 0 Å². The molecule has 0 aliphatic heterocycles. The van der Waals surface area contributed by atoms with Crippen LogP contribution in [0.3, 0.4) is 0 Å². The molecule has 2 aliphatic rings. The van der Waals surface area contributed by atoms with Gasteiger partial charge in [-0.1, -0.05) is 6.42 Å². The van der Waals surface area contributed by atoms with Crippen LogP contribution in [0.5, 0.6) is 0 Å². The molecule has 0 amide bonds. The maximum atomic E-state index is 5.15. The molecule has 3 nitrogen and oxygen atoms in total. The summed E-state index contributed by atoms with van der Waals surface area (Å²) in [5.41, 5.74) is 0. The second kappa shape index (κ2) is 5.83. The Labute approximate surface area is 93.2 Å². The number of hydrogen-bond donors (Lipinski definition) is 1. The van der Waals surface area contributed by atoms with Gasteiger partial charge in [0, 0.05) is 38.8 Å². The summed E-state index contributed by atoms with van der Waals surface area (Å²) in [7, 11) is 1.79. The van der Waals surface area contributed by atoms with E-state index in [0.29, 0.717) is 0 Å². The molecule has 2 aliphatic carbocycles. The molecule has 0 atom stereocenters. The number of nitrogens with zero attached hydrogens (tertiary/aromatic N) is 1. The topological polar surface area (TPSA) is 24.5 Å². The fourth-order valence-corrected chi connectivity index (χ4v) is 2.15. The number of ether oxygens (including phenoxy) is 1.